The smallest absolute Gasteiger partial charge is 0.0670 e. The first-order valence-electron chi connectivity index (χ1n) is 4.10. The molecule has 1 aromatic carbocycles. The SMILES string of the molecule is N#CCc1c(S)sc2cccc(N)c12. The molecule has 0 radical (unpaired) electrons. The van der Waals surface area contributed by atoms with Crippen LogP contribution in [-0.2, 0) is 6.42 Å². The van der Waals surface area contributed by atoms with Crippen LogP contribution in [0.5, 0.6) is 0 Å². The standard InChI is InChI=1S/C10H8N2S2/c11-5-4-6-9-7(12)2-1-3-8(9)14-10(6)13/h1-3,13H,4,12H2. The Morgan fingerprint density at radius 1 is 1.50 bits per heavy atom. The van der Waals surface area contributed by atoms with Crippen molar-refractivity contribution in [1.82, 2.24) is 0 Å². The number of nitrogens with two attached hydrogens (primary N) is 1. The van der Waals surface area contributed by atoms with Crippen LogP contribution in [0.3, 0.4) is 0 Å². The van der Waals surface area contributed by atoms with E-state index in [1.54, 1.807) is 11.3 Å². The van der Waals surface area contributed by atoms with Crippen molar-refractivity contribution < 1.29 is 0 Å². The number of nitrogen functional groups attached to an aromatic ring is 1. The molecule has 0 saturated heterocycles. The lowest BCUT2D eigenvalue weighted by molar-refractivity contribution is 1.26. The molecule has 2 rings (SSSR count). The van der Waals surface area contributed by atoms with Gasteiger partial charge in [0, 0.05) is 21.3 Å². The minimum atomic E-state index is 0.368. The van der Waals surface area contributed by atoms with Crippen molar-refractivity contribution in [3.05, 3.63) is 23.8 Å². The second-order valence-corrected chi connectivity index (χ2v) is 4.74. The van der Waals surface area contributed by atoms with E-state index in [1.807, 2.05) is 18.2 Å². The maximum Gasteiger partial charge on any atom is 0.0670 e. The maximum absolute atomic E-state index is 8.69. The second kappa shape index (κ2) is 3.52. The third kappa shape index (κ3) is 1.35. The highest BCUT2D eigenvalue weighted by molar-refractivity contribution is 7.83. The van der Waals surface area contributed by atoms with Gasteiger partial charge in [-0.15, -0.1) is 24.0 Å². The molecule has 0 amide bonds. The summed E-state index contributed by atoms with van der Waals surface area (Å²) in [5.74, 6) is 0. The average Bonchev–Trinajstić information content (AvgIpc) is 2.45. The molecule has 0 saturated carbocycles. The van der Waals surface area contributed by atoms with Gasteiger partial charge in [-0.1, -0.05) is 6.07 Å². The molecule has 0 unspecified atom stereocenters. The zero-order chi connectivity index (χ0) is 10.1. The van der Waals surface area contributed by atoms with Crippen LogP contribution in [-0.4, -0.2) is 0 Å². The Morgan fingerprint density at radius 2 is 2.29 bits per heavy atom. The topological polar surface area (TPSA) is 49.8 Å². The van der Waals surface area contributed by atoms with Gasteiger partial charge < -0.3 is 5.73 Å². The molecule has 0 fully saturated rings. The number of fused-ring (bicyclic) bond motifs is 1. The van der Waals surface area contributed by atoms with Gasteiger partial charge in [0.1, 0.15) is 0 Å². The van der Waals surface area contributed by atoms with E-state index in [0.29, 0.717) is 6.42 Å². The van der Waals surface area contributed by atoms with Crippen LogP contribution in [0.25, 0.3) is 10.1 Å². The summed E-state index contributed by atoms with van der Waals surface area (Å²) in [4.78, 5) is 0. The minimum absolute atomic E-state index is 0.368. The van der Waals surface area contributed by atoms with Crippen molar-refractivity contribution in [2.24, 2.45) is 0 Å². The Morgan fingerprint density at radius 3 is 3.00 bits per heavy atom. The normalized spacial score (nSPS) is 10.3. The highest BCUT2D eigenvalue weighted by Gasteiger charge is 2.11. The first kappa shape index (κ1) is 9.38. The van der Waals surface area contributed by atoms with Gasteiger partial charge in [0.2, 0.25) is 0 Å². The Labute approximate surface area is 91.4 Å². The lowest BCUT2D eigenvalue weighted by Gasteiger charge is -1.98. The number of nitriles is 1. The Hall–Kier alpha value is -1.18. The third-order valence-corrected chi connectivity index (χ3v) is 3.62. The minimum Gasteiger partial charge on any atom is -0.398 e. The molecule has 0 aliphatic heterocycles. The molecule has 1 aromatic heterocycles. The van der Waals surface area contributed by atoms with E-state index in [1.165, 1.54) is 0 Å². The van der Waals surface area contributed by atoms with Crippen LogP contribution in [0, 0.1) is 11.3 Å². The van der Waals surface area contributed by atoms with Crippen molar-refractivity contribution in [3.63, 3.8) is 0 Å². The number of benzene rings is 1. The van der Waals surface area contributed by atoms with Crippen LogP contribution in [0.4, 0.5) is 5.69 Å². The number of hydrogen-bond donors (Lipinski definition) is 2. The van der Waals surface area contributed by atoms with E-state index < -0.39 is 0 Å². The van der Waals surface area contributed by atoms with Gasteiger partial charge >= 0.3 is 0 Å². The van der Waals surface area contributed by atoms with Gasteiger partial charge in [0.05, 0.1) is 16.7 Å². The fourth-order valence-corrected chi connectivity index (χ4v) is 2.95. The highest BCUT2D eigenvalue weighted by atomic mass is 32.2. The molecule has 2 N–H and O–H groups in total. The van der Waals surface area contributed by atoms with Crippen molar-refractivity contribution in [2.75, 3.05) is 5.73 Å². The molecule has 0 aliphatic rings. The number of anilines is 1. The largest absolute Gasteiger partial charge is 0.398 e. The number of hydrogen-bond acceptors (Lipinski definition) is 4. The fraction of sp³-hybridized carbons (Fsp3) is 0.100. The lowest BCUT2D eigenvalue weighted by Crippen LogP contribution is -1.88. The molecular weight excluding hydrogens is 212 g/mol. The number of thiol groups is 1. The van der Waals surface area contributed by atoms with Crippen LogP contribution < -0.4 is 5.73 Å². The van der Waals surface area contributed by atoms with Gasteiger partial charge in [-0.3, -0.25) is 0 Å². The predicted octanol–water partition coefficient (Wildman–Crippen LogP) is 2.84. The number of thiophene rings is 1. The number of nitrogens with zero attached hydrogens (tertiary/aromatic N) is 1. The summed E-state index contributed by atoms with van der Waals surface area (Å²) >= 11 is 5.92. The van der Waals surface area contributed by atoms with Crippen molar-refractivity contribution >= 4 is 39.7 Å². The zero-order valence-corrected chi connectivity index (χ0v) is 9.03. The second-order valence-electron chi connectivity index (χ2n) is 2.94. The summed E-state index contributed by atoms with van der Waals surface area (Å²) in [6.07, 6.45) is 0.368. The molecular formula is C10H8N2S2. The Balaban J connectivity index is 2.81. The van der Waals surface area contributed by atoms with Crippen molar-refractivity contribution in [3.8, 4) is 6.07 Å². The summed E-state index contributed by atoms with van der Waals surface area (Å²) in [5.41, 5.74) is 7.54. The van der Waals surface area contributed by atoms with Crippen LogP contribution in [0.1, 0.15) is 5.56 Å². The summed E-state index contributed by atoms with van der Waals surface area (Å²) in [7, 11) is 0. The molecule has 70 valence electrons. The van der Waals surface area contributed by atoms with E-state index >= 15 is 0 Å². The molecule has 1 heterocycles. The molecule has 0 atom stereocenters. The highest BCUT2D eigenvalue weighted by Crippen LogP contribution is 2.37. The van der Waals surface area contributed by atoms with Gasteiger partial charge in [0.25, 0.3) is 0 Å². The summed E-state index contributed by atoms with van der Waals surface area (Å²) in [6, 6.07) is 7.89. The fourth-order valence-electron chi connectivity index (χ4n) is 1.47. The van der Waals surface area contributed by atoms with Crippen LogP contribution in [0.2, 0.25) is 0 Å². The summed E-state index contributed by atoms with van der Waals surface area (Å²) in [5, 5.41) is 9.68. The average molecular weight is 220 g/mol. The predicted molar refractivity (Wildman–Crippen MR) is 62.8 cm³/mol. The van der Waals surface area contributed by atoms with Gasteiger partial charge in [0.15, 0.2) is 0 Å². The molecule has 14 heavy (non-hydrogen) atoms. The van der Waals surface area contributed by atoms with Crippen LogP contribution in [0.15, 0.2) is 22.4 Å². The van der Waals surface area contributed by atoms with E-state index in [-0.39, 0.29) is 0 Å². The van der Waals surface area contributed by atoms with E-state index in [9.17, 15) is 0 Å². The van der Waals surface area contributed by atoms with Gasteiger partial charge in [-0.05, 0) is 12.1 Å². The molecule has 2 nitrogen and oxygen atoms in total. The summed E-state index contributed by atoms with van der Waals surface area (Å²) in [6.45, 7) is 0. The van der Waals surface area contributed by atoms with E-state index in [0.717, 1.165) is 25.5 Å². The van der Waals surface area contributed by atoms with E-state index in [2.05, 4.69) is 18.7 Å². The molecule has 0 aliphatic carbocycles. The summed E-state index contributed by atoms with van der Waals surface area (Å²) < 4.78 is 1.99. The van der Waals surface area contributed by atoms with Gasteiger partial charge in [-0.25, -0.2) is 0 Å². The monoisotopic (exact) mass is 220 g/mol. The third-order valence-electron chi connectivity index (χ3n) is 2.08. The van der Waals surface area contributed by atoms with Crippen molar-refractivity contribution in [1.29, 1.82) is 5.26 Å². The van der Waals surface area contributed by atoms with Crippen LogP contribution >= 0.6 is 24.0 Å². The molecule has 0 spiro atoms. The quantitative estimate of drug-likeness (QED) is 0.573. The number of rotatable bonds is 1. The lowest BCUT2D eigenvalue weighted by atomic mass is 10.1. The molecule has 0 bridgehead atoms. The Bertz CT molecular complexity index is 523. The first-order chi connectivity index (χ1) is 6.74. The van der Waals surface area contributed by atoms with Crippen molar-refractivity contribution in [2.45, 2.75) is 10.6 Å². The Kier molecular flexibility index (Phi) is 2.36. The molecule has 2 aromatic rings. The maximum atomic E-state index is 8.69. The van der Waals surface area contributed by atoms with E-state index in [4.69, 9.17) is 11.0 Å². The van der Waals surface area contributed by atoms with Gasteiger partial charge in [-0.2, -0.15) is 5.26 Å². The first-order valence-corrected chi connectivity index (χ1v) is 5.36. The molecule has 4 heteroatoms. The zero-order valence-electron chi connectivity index (χ0n) is 7.32.